The van der Waals surface area contributed by atoms with Gasteiger partial charge >= 0.3 is 5.97 Å². The smallest absolute Gasteiger partial charge is 0.344 e. The van der Waals surface area contributed by atoms with E-state index in [0.717, 1.165) is 6.42 Å². The van der Waals surface area contributed by atoms with Crippen LogP contribution in [0, 0.1) is 6.92 Å². The summed E-state index contributed by atoms with van der Waals surface area (Å²) in [6.07, 6.45) is 0.758. The topological polar surface area (TPSA) is 81.4 Å². The summed E-state index contributed by atoms with van der Waals surface area (Å²) in [5.74, 6) is -0.749. The van der Waals surface area contributed by atoms with Crippen molar-refractivity contribution in [1.29, 1.82) is 0 Å². The van der Waals surface area contributed by atoms with Crippen molar-refractivity contribution >= 4 is 23.5 Å². The maximum atomic E-state index is 12.4. The Hall–Kier alpha value is -2.34. The van der Waals surface area contributed by atoms with Gasteiger partial charge in [-0.15, -0.1) is 0 Å². The highest BCUT2D eigenvalue weighted by atomic mass is 35.5. The zero-order valence-electron chi connectivity index (χ0n) is 14.7. The number of hydrogen-bond acceptors (Lipinski definition) is 5. The lowest BCUT2D eigenvalue weighted by atomic mass is 10.0. The van der Waals surface area contributed by atoms with Crippen molar-refractivity contribution in [1.82, 2.24) is 10.5 Å². The van der Waals surface area contributed by atoms with Gasteiger partial charge in [-0.1, -0.05) is 41.9 Å². The summed E-state index contributed by atoms with van der Waals surface area (Å²) in [5, 5.41) is 7.14. The number of aryl methyl sites for hydroxylation is 1. The number of carbonyl (C=O) groups excluding carboxylic acids is 2. The molecule has 2 rings (SSSR count). The normalized spacial score (nSPS) is 11.2. The molecular formula is C18H21ClN2O4. The molecule has 0 bridgehead atoms. The predicted molar refractivity (Wildman–Crippen MR) is 94.5 cm³/mol. The number of halogens is 1. The van der Waals surface area contributed by atoms with Crippen molar-refractivity contribution in [3.63, 3.8) is 0 Å². The number of hydrogen-bond donors (Lipinski definition) is 1. The molecule has 0 radical (unpaired) electrons. The third kappa shape index (κ3) is 4.60. The van der Waals surface area contributed by atoms with Gasteiger partial charge in [-0.05, 0) is 33.3 Å². The quantitative estimate of drug-likeness (QED) is 0.789. The van der Waals surface area contributed by atoms with Crippen LogP contribution < -0.4 is 5.32 Å². The molecule has 1 N–H and O–H groups in total. The molecule has 0 saturated heterocycles. The highest BCUT2D eigenvalue weighted by Gasteiger charge is 2.25. The third-order valence-electron chi connectivity index (χ3n) is 3.89. The van der Waals surface area contributed by atoms with E-state index >= 15 is 0 Å². The van der Waals surface area contributed by atoms with Gasteiger partial charge in [0, 0.05) is 11.1 Å². The van der Waals surface area contributed by atoms with Crippen LogP contribution in [0.1, 0.15) is 43.3 Å². The highest BCUT2D eigenvalue weighted by Crippen LogP contribution is 2.31. The first kappa shape index (κ1) is 19.0. The lowest BCUT2D eigenvalue weighted by molar-refractivity contribution is -0.125. The van der Waals surface area contributed by atoms with Gasteiger partial charge in [0.2, 0.25) is 0 Å². The molecule has 1 aromatic heterocycles. The van der Waals surface area contributed by atoms with Crippen molar-refractivity contribution < 1.29 is 18.8 Å². The van der Waals surface area contributed by atoms with Crippen LogP contribution in [-0.4, -0.2) is 29.2 Å². The van der Waals surface area contributed by atoms with Crippen LogP contribution in [0.5, 0.6) is 0 Å². The molecule has 0 atom stereocenters. The van der Waals surface area contributed by atoms with Gasteiger partial charge in [0.05, 0.1) is 5.02 Å². The number of nitrogens with one attached hydrogen (secondary N) is 1. The van der Waals surface area contributed by atoms with E-state index in [2.05, 4.69) is 10.5 Å². The monoisotopic (exact) mass is 364 g/mol. The van der Waals surface area contributed by atoms with Gasteiger partial charge in [-0.2, -0.15) is 0 Å². The van der Waals surface area contributed by atoms with Crippen molar-refractivity contribution in [2.45, 2.75) is 39.7 Å². The second-order valence-corrected chi connectivity index (χ2v) is 6.71. The second-order valence-electron chi connectivity index (χ2n) is 6.30. The molecule has 0 aliphatic heterocycles. The molecule has 134 valence electrons. The van der Waals surface area contributed by atoms with Crippen molar-refractivity contribution in [2.75, 3.05) is 6.61 Å². The van der Waals surface area contributed by atoms with E-state index in [4.69, 9.17) is 20.9 Å². The van der Waals surface area contributed by atoms with E-state index in [-0.39, 0.29) is 23.6 Å². The lowest BCUT2D eigenvalue weighted by Crippen LogP contribution is -2.44. The Kier molecular flexibility index (Phi) is 5.85. The summed E-state index contributed by atoms with van der Waals surface area (Å²) in [7, 11) is 0. The van der Waals surface area contributed by atoms with Crippen LogP contribution in [0.4, 0.5) is 0 Å². The van der Waals surface area contributed by atoms with Crippen LogP contribution in [0.3, 0.4) is 0 Å². The van der Waals surface area contributed by atoms with E-state index in [0.29, 0.717) is 22.0 Å². The molecule has 0 saturated carbocycles. The molecule has 7 heteroatoms. The van der Waals surface area contributed by atoms with E-state index in [1.165, 1.54) is 0 Å². The van der Waals surface area contributed by atoms with Crippen LogP contribution >= 0.6 is 11.6 Å². The molecule has 1 amide bonds. The first-order valence-electron chi connectivity index (χ1n) is 7.94. The minimum atomic E-state index is -0.682. The summed E-state index contributed by atoms with van der Waals surface area (Å²) < 4.78 is 10.2. The van der Waals surface area contributed by atoms with E-state index in [9.17, 15) is 9.59 Å². The zero-order chi connectivity index (χ0) is 18.6. The molecule has 1 heterocycles. The van der Waals surface area contributed by atoms with Gasteiger partial charge in [0.15, 0.2) is 6.61 Å². The first-order valence-corrected chi connectivity index (χ1v) is 8.32. The molecular weight excluding hydrogens is 344 g/mol. The average Bonchev–Trinajstić information content (AvgIpc) is 2.94. The zero-order valence-corrected chi connectivity index (χ0v) is 15.4. The molecule has 25 heavy (non-hydrogen) atoms. The molecule has 1 aromatic carbocycles. The SMILES string of the molecule is CCC(C)(C)NC(=O)COC(=O)c1c(-c2ccccc2Cl)noc1C. The van der Waals surface area contributed by atoms with Gasteiger partial charge in [0.25, 0.3) is 5.91 Å². The van der Waals surface area contributed by atoms with Crippen LogP contribution in [0.2, 0.25) is 5.02 Å². The van der Waals surface area contributed by atoms with Gasteiger partial charge in [0.1, 0.15) is 17.0 Å². The minimum absolute atomic E-state index is 0.163. The Morgan fingerprint density at radius 3 is 2.64 bits per heavy atom. The second kappa shape index (κ2) is 7.70. The molecule has 0 fully saturated rings. The standard InChI is InChI=1S/C18H21ClN2O4/c1-5-18(3,4)20-14(22)10-24-17(23)15-11(2)25-21-16(15)12-8-6-7-9-13(12)19/h6-9H,5,10H2,1-4H3,(H,20,22). The summed E-state index contributed by atoms with van der Waals surface area (Å²) in [6, 6.07) is 6.97. The van der Waals surface area contributed by atoms with Gasteiger partial charge in [-0.3, -0.25) is 4.79 Å². The maximum absolute atomic E-state index is 12.4. The Balaban J connectivity index is 2.15. The predicted octanol–water partition coefficient (Wildman–Crippen LogP) is 3.77. The summed E-state index contributed by atoms with van der Waals surface area (Å²) in [5.41, 5.74) is 0.655. The van der Waals surface area contributed by atoms with Crippen molar-refractivity contribution in [2.24, 2.45) is 0 Å². The third-order valence-corrected chi connectivity index (χ3v) is 4.22. The van der Waals surface area contributed by atoms with E-state index in [1.807, 2.05) is 20.8 Å². The van der Waals surface area contributed by atoms with Crippen LogP contribution in [0.15, 0.2) is 28.8 Å². The highest BCUT2D eigenvalue weighted by molar-refractivity contribution is 6.33. The summed E-state index contributed by atoms with van der Waals surface area (Å²) >= 11 is 6.16. The maximum Gasteiger partial charge on any atom is 0.344 e. The molecule has 6 nitrogen and oxygen atoms in total. The fraction of sp³-hybridized carbons (Fsp3) is 0.389. The fourth-order valence-corrected chi connectivity index (χ4v) is 2.38. The number of amides is 1. The van der Waals surface area contributed by atoms with Crippen LogP contribution in [-0.2, 0) is 9.53 Å². The van der Waals surface area contributed by atoms with Gasteiger partial charge < -0.3 is 14.6 Å². The number of ether oxygens (including phenoxy) is 1. The molecule has 0 unspecified atom stereocenters. The Bertz CT molecular complexity index is 783. The van der Waals surface area contributed by atoms with E-state index < -0.39 is 5.97 Å². The number of esters is 1. The Labute approximate surface area is 151 Å². The lowest BCUT2D eigenvalue weighted by Gasteiger charge is -2.24. The Morgan fingerprint density at radius 2 is 2.00 bits per heavy atom. The number of carbonyl (C=O) groups is 2. The summed E-state index contributed by atoms with van der Waals surface area (Å²) in [6.45, 7) is 6.97. The van der Waals surface area contributed by atoms with Crippen LogP contribution in [0.25, 0.3) is 11.3 Å². The fourth-order valence-electron chi connectivity index (χ4n) is 2.15. The number of nitrogens with zero attached hydrogens (tertiary/aromatic N) is 1. The number of rotatable bonds is 6. The summed E-state index contributed by atoms with van der Waals surface area (Å²) in [4.78, 5) is 24.4. The molecule has 2 aromatic rings. The largest absolute Gasteiger partial charge is 0.452 e. The molecule has 0 aliphatic rings. The van der Waals surface area contributed by atoms with Gasteiger partial charge in [-0.25, -0.2) is 4.79 Å². The average molecular weight is 365 g/mol. The number of benzene rings is 1. The molecule has 0 aliphatic carbocycles. The number of aromatic nitrogens is 1. The Morgan fingerprint density at radius 1 is 1.32 bits per heavy atom. The van der Waals surface area contributed by atoms with E-state index in [1.54, 1.807) is 31.2 Å². The molecule has 0 spiro atoms. The minimum Gasteiger partial charge on any atom is -0.452 e. The first-order chi connectivity index (χ1) is 11.7. The van der Waals surface area contributed by atoms with Crippen molar-refractivity contribution in [3.8, 4) is 11.3 Å². The van der Waals surface area contributed by atoms with Crippen molar-refractivity contribution in [3.05, 3.63) is 40.6 Å².